The molecule has 8 nitrogen and oxygen atoms in total. The van der Waals surface area contributed by atoms with Crippen LogP contribution >= 0.6 is 0 Å². The van der Waals surface area contributed by atoms with Gasteiger partial charge in [0.1, 0.15) is 0 Å². The Kier molecular flexibility index (Phi) is 6.59. The smallest absolute Gasteiger partial charge is 0.322 e. The Labute approximate surface area is 172 Å². The van der Waals surface area contributed by atoms with E-state index in [2.05, 4.69) is 24.8 Å². The number of rotatable bonds is 6. The standard InChI is InChI=1S/C21H30N6O2/c1-28-21-24-19(26-12-6-2-3-7-13-26)23-20(25-21)27-14-9-17(10-15-27)16-29-18-8-4-5-11-22-18/h4-5,8,11,17H,2-3,6-7,9-10,12-16H2,1H3. The molecule has 2 fully saturated rings. The zero-order valence-electron chi connectivity index (χ0n) is 17.2. The molecule has 2 aromatic rings. The van der Waals surface area contributed by atoms with E-state index in [1.807, 2.05) is 18.2 Å². The minimum absolute atomic E-state index is 0.398. The molecule has 4 rings (SSSR count). The molecule has 0 aromatic carbocycles. The lowest BCUT2D eigenvalue weighted by Crippen LogP contribution is -2.37. The van der Waals surface area contributed by atoms with Crippen LogP contribution in [0.5, 0.6) is 11.9 Å². The van der Waals surface area contributed by atoms with E-state index in [1.165, 1.54) is 25.7 Å². The van der Waals surface area contributed by atoms with E-state index in [1.54, 1.807) is 13.3 Å². The first-order valence-electron chi connectivity index (χ1n) is 10.7. The van der Waals surface area contributed by atoms with Crippen LogP contribution in [0.25, 0.3) is 0 Å². The molecule has 8 heteroatoms. The lowest BCUT2D eigenvalue weighted by molar-refractivity contribution is 0.215. The van der Waals surface area contributed by atoms with Crippen LogP contribution in [0.1, 0.15) is 38.5 Å². The van der Waals surface area contributed by atoms with Crippen LogP contribution in [0.3, 0.4) is 0 Å². The number of nitrogens with zero attached hydrogens (tertiary/aromatic N) is 6. The van der Waals surface area contributed by atoms with Gasteiger partial charge in [-0.15, -0.1) is 0 Å². The zero-order chi connectivity index (χ0) is 19.9. The fourth-order valence-electron chi connectivity index (χ4n) is 3.92. The molecule has 0 radical (unpaired) electrons. The summed E-state index contributed by atoms with van der Waals surface area (Å²) in [7, 11) is 1.62. The van der Waals surface area contributed by atoms with Crippen LogP contribution in [0.2, 0.25) is 0 Å². The molecule has 0 amide bonds. The second-order valence-corrected chi connectivity index (χ2v) is 7.73. The summed E-state index contributed by atoms with van der Waals surface area (Å²) in [4.78, 5) is 22.6. The first-order chi connectivity index (χ1) is 14.3. The van der Waals surface area contributed by atoms with Crippen LogP contribution in [0, 0.1) is 5.92 Å². The van der Waals surface area contributed by atoms with Crippen molar-refractivity contribution in [1.82, 2.24) is 19.9 Å². The van der Waals surface area contributed by atoms with Crippen molar-refractivity contribution in [2.75, 3.05) is 49.7 Å². The fraction of sp³-hybridized carbons (Fsp3) is 0.619. The molecule has 2 aliphatic heterocycles. The third-order valence-corrected chi connectivity index (χ3v) is 5.66. The van der Waals surface area contributed by atoms with E-state index in [9.17, 15) is 0 Å². The van der Waals surface area contributed by atoms with Crippen LogP contribution < -0.4 is 19.3 Å². The minimum atomic E-state index is 0.398. The van der Waals surface area contributed by atoms with Crippen LogP contribution in [-0.2, 0) is 0 Å². The highest BCUT2D eigenvalue weighted by atomic mass is 16.5. The summed E-state index contributed by atoms with van der Waals surface area (Å²) in [6.45, 7) is 4.51. The van der Waals surface area contributed by atoms with Crippen molar-refractivity contribution < 1.29 is 9.47 Å². The molecule has 0 aliphatic carbocycles. The molecular formula is C21H30N6O2. The lowest BCUT2D eigenvalue weighted by atomic mass is 9.98. The summed E-state index contributed by atoms with van der Waals surface area (Å²) in [6, 6.07) is 6.14. The highest BCUT2D eigenvalue weighted by Gasteiger charge is 2.24. The number of ether oxygens (including phenoxy) is 2. The topological polar surface area (TPSA) is 76.5 Å². The first kappa shape index (κ1) is 19.7. The van der Waals surface area contributed by atoms with Crippen molar-refractivity contribution >= 4 is 11.9 Å². The lowest BCUT2D eigenvalue weighted by Gasteiger charge is -2.32. The van der Waals surface area contributed by atoms with Crippen LogP contribution in [-0.4, -0.2) is 59.8 Å². The highest BCUT2D eigenvalue weighted by Crippen LogP contribution is 2.25. The van der Waals surface area contributed by atoms with Gasteiger partial charge in [0.15, 0.2) is 0 Å². The molecule has 4 heterocycles. The molecule has 29 heavy (non-hydrogen) atoms. The Bertz CT molecular complexity index is 759. The van der Waals surface area contributed by atoms with Gasteiger partial charge >= 0.3 is 6.01 Å². The summed E-state index contributed by atoms with van der Waals surface area (Å²) < 4.78 is 11.2. The molecule has 0 spiro atoms. The van der Waals surface area contributed by atoms with Gasteiger partial charge in [0.2, 0.25) is 17.8 Å². The normalized spacial score (nSPS) is 18.4. The van der Waals surface area contributed by atoms with Gasteiger partial charge in [0.25, 0.3) is 0 Å². The van der Waals surface area contributed by atoms with E-state index < -0.39 is 0 Å². The monoisotopic (exact) mass is 398 g/mol. The molecule has 156 valence electrons. The summed E-state index contributed by atoms with van der Waals surface area (Å²) in [5.74, 6) is 2.68. The second kappa shape index (κ2) is 9.71. The number of aromatic nitrogens is 4. The van der Waals surface area contributed by atoms with Gasteiger partial charge in [0, 0.05) is 38.4 Å². The van der Waals surface area contributed by atoms with Crippen LogP contribution in [0.4, 0.5) is 11.9 Å². The Morgan fingerprint density at radius 3 is 2.21 bits per heavy atom. The van der Waals surface area contributed by atoms with Crippen molar-refractivity contribution in [3.63, 3.8) is 0 Å². The molecule has 0 N–H and O–H groups in total. The molecule has 0 saturated carbocycles. The molecule has 0 bridgehead atoms. The molecule has 2 aliphatic rings. The van der Waals surface area contributed by atoms with Gasteiger partial charge in [-0.3, -0.25) is 0 Å². The first-order valence-corrected chi connectivity index (χ1v) is 10.7. The van der Waals surface area contributed by atoms with E-state index in [-0.39, 0.29) is 0 Å². The highest BCUT2D eigenvalue weighted by molar-refractivity contribution is 5.41. The summed E-state index contributed by atoms with van der Waals surface area (Å²) in [5, 5.41) is 0. The predicted molar refractivity (Wildman–Crippen MR) is 112 cm³/mol. The average Bonchev–Trinajstić information content (AvgIpc) is 3.08. The van der Waals surface area contributed by atoms with Gasteiger partial charge in [0.05, 0.1) is 13.7 Å². The van der Waals surface area contributed by atoms with Crippen molar-refractivity contribution in [2.45, 2.75) is 38.5 Å². The SMILES string of the molecule is COc1nc(N2CCCCCC2)nc(N2CCC(COc3ccccn3)CC2)n1. The van der Waals surface area contributed by atoms with E-state index in [4.69, 9.17) is 14.5 Å². The fourth-order valence-corrected chi connectivity index (χ4v) is 3.92. The Morgan fingerprint density at radius 1 is 0.897 bits per heavy atom. The maximum Gasteiger partial charge on any atom is 0.322 e. The number of methoxy groups -OCH3 is 1. The maximum atomic E-state index is 5.84. The number of pyridine rings is 1. The van der Waals surface area contributed by atoms with E-state index in [0.717, 1.165) is 50.9 Å². The molecule has 2 saturated heterocycles. The van der Waals surface area contributed by atoms with Crippen molar-refractivity contribution in [1.29, 1.82) is 0 Å². The number of piperidine rings is 1. The summed E-state index contributed by atoms with van der Waals surface area (Å²) in [5.41, 5.74) is 0. The molecule has 0 atom stereocenters. The maximum absolute atomic E-state index is 5.84. The van der Waals surface area contributed by atoms with Crippen molar-refractivity contribution in [3.05, 3.63) is 24.4 Å². The summed E-state index contributed by atoms with van der Waals surface area (Å²) in [6.07, 6.45) is 8.77. The molecule has 0 unspecified atom stereocenters. The Hall–Kier alpha value is -2.64. The quantitative estimate of drug-likeness (QED) is 0.735. The van der Waals surface area contributed by atoms with Crippen molar-refractivity contribution in [2.24, 2.45) is 5.92 Å². The number of hydrogen-bond acceptors (Lipinski definition) is 8. The van der Waals surface area contributed by atoms with Gasteiger partial charge in [-0.2, -0.15) is 15.0 Å². The zero-order valence-corrected chi connectivity index (χ0v) is 17.2. The number of hydrogen-bond donors (Lipinski definition) is 0. The van der Waals surface area contributed by atoms with Gasteiger partial charge < -0.3 is 19.3 Å². The third kappa shape index (κ3) is 5.25. The van der Waals surface area contributed by atoms with E-state index >= 15 is 0 Å². The van der Waals surface area contributed by atoms with E-state index in [0.29, 0.717) is 24.4 Å². The predicted octanol–water partition coefficient (Wildman–Crippen LogP) is 2.95. The molecule has 2 aromatic heterocycles. The van der Waals surface area contributed by atoms with Gasteiger partial charge in [-0.1, -0.05) is 18.9 Å². The Balaban J connectivity index is 1.37. The van der Waals surface area contributed by atoms with Gasteiger partial charge in [-0.25, -0.2) is 4.98 Å². The third-order valence-electron chi connectivity index (χ3n) is 5.66. The second-order valence-electron chi connectivity index (χ2n) is 7.73. The Morgan fingerprint density at radius 2 is 1.59 bits per heavy atom. The van der Waals surface area contributed by atoms with Crippen molar-refractivity contribution in [3.8, 4) is 11.9 Å². The number of anilines is 2. The van der Waals surface area contributed by atoms with Crippen LogP contribution in [0.15, 0.2) is 24.4 Å². The van der Waals surface area contributed by atoms with Gasteiger partial charge in [-0.05, 0) is 37.7 Å². The minimum Gasteiger partial charge on any atom is -0.477 e. The average molecular weight is 399 g/mol. The largest absolute Gasteiger partial charge is 0.477 e. The molecular weight excluding hydrogens is 368 g/mol. The summed E-state index contributed by atoms with van der Waals surface area (Å²) >= 11 is 0.